The van der Waals surface area contributed by atoms with Crippen LogP contribution in [0.5, 0.6) is 0 Å². The third-order valence-electron chi connectivity index (χ3n) is 2.84. The summed E-state index contributed by atoms with van der Waals surface area (Å²) in [5.41, 5.74) is 4.59. The summed E-state index contributed by atoms with van der Waals surface area (Å²) in [6.07, 6.45) is 0. The first kappa shape index (κ1) is 11.7. The fraction of sp³-hybridized carbons (Fsp3) is 0.133. The van der Waals surface area contributed by atoms with Gasteiger partial charge in [0.05, 0.1) is 9.72 Å². The van der Waals surface area contributed by atoms with Gasteiger partial charge >= 0.3 is 0 Å². The average Bonchev–Trinajstić information content (AvgIpc) is 2.73. The van der Waals surface area contributed by atoms with Crippen molar-refractivity contribution in [2.45, 2.75) is 13.8 Å². The van der Waals surface area contributed by atoms with Crippen LogP contribution in [-0.2, 0) is 0 Å². The smallest absolute Gasteiger partial charge is 0.124 e. The standard InChI is InChI=1S/C15H12ClNS/c1-9-6-10(2)8-11(7-9)15-17-14-12(16)4-3-5-13(14)18-15/h3-8H,1-2H3. The first-order valence-corrected chi connectivity index (χ1v) is 6.96. The van der Waals surface area contributed by atoms with Crippen molar-refractivity contribution in [2.75, 3.05) is 0 Å². The van der Waals surface area contributed by atoms with Gasteiger partial charge in [-0.3, -0.25) is 0 Å². The van der Waals surface area contributed by atoms with Crippen LogP contribution < -0.4 is 0 Å². The van der Waals surface area contributed by atoms with Gasteiger partial charge in [-0.2, -0.15) is 0 Å². The summed E-state index contributed by atoms with van der Waals surface area (Å²) < 4.78 is 1.14. The summed E-state index contributed by atoms with van der Waals surface area (Å²) in [5, 5.41) is 1.75. The van der Waals surface area contributed by atoms with E-state index >= 15 is 0 Å². The molecule has 0 radical (unpaired) electrons. The summed E-state index contributed by atoms with van der Waals surface area (Å²) in [6.45, 7) is 4.22. The number of aryl methyl sites for hydroxylation is 2. The molecule has 2 aromatic carbocycles. The Morgan fingerprint density at radius 2 is 1.78 bits per heavy atom. The molecule has 3 rings (SSSR count). The van der Waals surface area contributed by atoms with Crippen LogP contribution in [0, 0.1) is 13.8 Å². The molecule has 0 unspecified atom stereocenters. The topological polar surface area (TPSA) is 12.9 Å². The van der Waals surface area contributed by atoms with E-state index in [1.54, 1.807) is 11.3 Å². The summed E-state index contributed by atoms with van der Waals surface area (Å²) >= 11 is 7.85. The SMILES string of the molecule is Cc1cc(C)cc(-c2nc3c(Cl)cccc3s2)c1. The van der Waals surface area contributed by atoms with Crippen molar-refractivity contribution < 1.29 is 0 Å². The van der Waals surface area contributed by atoms with Gasteiger partial charge < -0.3 is 0 Å². The van der Waals surface area contributed by atoms with Gasteiger partial charge in [0.1, 0.15) is 10.5 Å². The fourth-order valence-electron chi connectivity index (χ4n) is 2.14. The van der Waals surface area contributed by atoms with Gasteiger partial charge in [-0.1, -0.05) is 34.9 Å². The first-order chi connectivity index (χ1) is 8.63. The van der Waals surface area contributed by atoms with Crippen LogP contribution in [0.3, 0.4) is 0 Å². The molecule has 0 aliphatic rings. The number of aromatic nitrogens is 1. The second-order valence-electron chi connectivity index (χ2n) is 4.48. The number of thiazole rings is 1. The molecule has 1 nitrogen and oxygen atoms in total. The molecule has 0 spiro atoms. The van der Waals surface area contributed by atoms with Gasteiger partial charge in [-0.15, -0.1) is 11.3 Å². The van der Waals surface area contributed by atoms with Crippen molar-refractivity contribution >= 4 is 33.2 Å². The first-order valence-electron chi connectivity index (χ1n) is 5.77. The highest BCUT2D eigenvalue weighted by molar-refractivity contribution is 7.21. The molecule has 1 heterocycles. The van der Waals surface area contributed by atoms with Crippen molar-refractivity contribution in [3.8, 4) is 10.6 Å². The molecule has 0 amide bonds. The molecular weight excluding hydrogens is 262 g/mol. The zero-order valence-electron chi connectivity index (χ0n) is 10.2. The quantitative estimate of drug-likeness (QED) is 0.591. The molecule has 1 aromatic heterocycles. The van der Waals surface area contributed by atoms with Crippen LogP contribution in [0.2, 0.25) is 5.02 Å². The third kappa shape index (κ3) is 2.02. The van der Waals surface area contributed by atoms with Gasteiger partial charge in [0.15, 0.2) is 0 Å². The van der Waals surface area contributed by atoms with Crippen LogP contribution in [-0.4, -0.2) is 4.98 Å². The molecule has 0 atom stereocenters. The van der Waals surface area contributed by atoms with E-state index in [-0.39, 0.29) is 0 Å². The molecule has 0 fully saturated rings. The molecule has 0 saturated heterocycles. The molecule has 90 valence electrons. The lowest BCUT2D eigenvalue weighted by atomic mass is 10.1. The molecule has 0 saturated carbocycles. The Bertz CT molecular complexity index is 710. The number of halogens is 1. The van der Waals surface area contributed by atoms with Gasteiger partial charge in [0.25, 0.3) is 0 Å². The number of hydrogen-bond donors (Lipinski definition) is 0. The number of benzene rings is 2. The number of para-hydroxylation sites is 1. The normalized spacial score (nSPS) is 11.1. The Kier molecular flexibility index (Phi) is 2.84. The minimum absolute atomic E-state index is 0.722. The molecular formula is C15H12ClNS. The summed E-state index contributed by atoms with van der Waals surface area (Å²) in [5.74, 6) is 0. The number of rotatable bonds is 1. The van der Waals surface area contributed by atoms with Crippen molar-refractivity contribution in [3.05, 3.63) is 52.5 Å². The van der Waals surface area contributed by atoms with E-state index < -0.39 is 0 Å². The highest BCUT2D eigenvalue weighted by Crippen LogP contribution is 2.34. The van der Waals surface area contributed by atoms with Crippen LogP contribution in [0.25, 0.3) is 20.8 Å². The average molecular weight is 274 g/mol. The van der Waals surface area contributed by atoms with Crippen molar-refractivity contribution in [1.29, 1.82) is 0 Å². The van der Waals surface area contributed by atoms with E-state index in [0.717, 1.165) is 20.2 Å². The molecule has 3 aromatic rings. The summed E-state index contributed by atoms with van der Waals surface area (Å²) in [6, 6.07) is 12.4. The summed E-state index contributed by atoms with van der Waals surface area (Å²) in [7, 11) is 0. The Labute approximate surface area is 115 Å². The lowest BCUT2D eigenvalue weighted by molar-refractivity contribution is 1.37. The maximum Gasteiger partial charge on any atom is 0.124 e. The molecule has 0 aliphatic heterocycles. The predicted molar refractivity (Wildman–Crippen MR) is 79.5 cm³/mol. The highest BCUT2D eigenvalue weighted by atomic mass is 35.5. The lowest BCUT2D eigenvalue weighted by Crippen LogP contribution is -1.81. The van der Waals surface area contributed by atoms with E-state index in [4.69, 9.17) is 11.6 Å². The largest absolute Gasteiger partial charge is 0.234 e. The molecule has 3 heteroatoms. The van der Waals surface area contributed by atoms with Crippen LogP contribution >= 0.6 is 22.9 Å². The van der Waals surface area contributed by atoms with Gasteiger partial charge in [-0.05, 0) is 38.1 Å². The monoisotopic (exact) mass is 273 g/mol. The molecule has 0 bridgehead atoms. The highest BCUT2D eigenvalue weighted by Gasteiger charge is 2.09. The Hall–Kier alpha value is -1.38. The third-order valence-corrected chi connectivity index (χ3v) is 4.21. The number of hydrogen-bond acceptors (Lipinski definition) is 2. The second kappa shape index (κ2) is 4.38. The summed E-state index contributed by atoms with van der Waals surface area (Å²) in [4.78, 5) is 4.65. The Morgan fingerprint density at radius 1 is 1.06 bits per heavy atom. The van der Waals surface area contributed by atoms with E-state index in [2.05, 4.69) is 43.1 Å². The van der Waals surface area contributed by atoms with E-state index in [1.807, 2.05) is 12.1 Å². The minimum Gasteiger partial charge on any atom is -0.234 e. The maximum atomic E-state index is 6.16. The second-order valence-corrected chi connectivity index (χ2v) is 5.92. The lowest BCUT2D eigenvalue weighted by Gasteiger charge is -2.00. The predicted octanol–water partition coefficient (Wildman–Crippen LogP) is 5.23. The van der Waals surface area contributed by atoms with Gasteiger partial charge in [0, 0.05) is 5.56 Å². The Balaban J connectivity index is 2.22. The number of fused-ring (bicyclic) bond motifs is 1. The zero-order valence-corrected chi connectivity index (χ0v) is 11.8. The molecule has 0 N–H and O–H groups in total. The molecule has 0 aliphatic carbocycles. The van der Waals surface area contributed by atoms with Crippen LogP contribution in [0.1, 0.15) is 11.1 Å². The van der Waals surface area contributed by atoms with Crippen molar-refractivity contribution in [1.82, 2.24) is 4.98 Å². The Morgan fingerprint density at radius 3 is 2.44 bits per heavy atom. The van der Waals surface area contributed by atoms with Crippen LogP contribution in [0.4, 0.5) is 0 Å². The zero-order chi connectivity index (χ0) is 12.7. The van der Waals surface area contributed by atoms with Crippen molar-refractivity contribution in [3.63, 3.8) is 0 Å². The molecule has 18 heavy (non-hydrogen) atoms. The van der Waals surface area contributed by atoms with E-state index in [1.165, 1.54) is 16.7 Å². The fourth-order valence-corrected chi connectivity index (χ4v) is 3.39. The van der Waals surface area contributed by atoms with Crippen molar-refractivity contribution in [2.24, 2.45) is 0 Å². The van der Waals surface area contributed by atoms with E-state index in [9.17, 15) is 0 Å². The maximum absolute atomic E-state index is 6.16. The van der Waals surface area contributed by atoms with Gasteiger partial charge in [-0.25, -0.2) is 4.98 Å². The van der Waals surface area contributed by atoms with Crippen LogP contribution in [0.15, 0.2) is 36.4 Å². The van der Waals surface area contributed by atoms with Gasteiger partial charge in [0.2, 0.25) is 0 Å². The number of nitrogens with zero attached hydrogens (tertiary/aromatic N) is 1. The minimum atomic E-state index is 0.722. The van der Waals surface area contributed by atoms with E-state index in [0.29, 0.717) is 0 Å².